The van der Waals surface area contributed by atoms with Crippen molar-refractivity contribution in [1.29, 1.82) is 0 Å². The molecule has 0 aromatic carbocycles. The molecule has 1 atom stereocenters. The Hall–Kier alpha value is -1.94. The predicted molar refractivity (Wildman–Crippen MR) is 68.3 cm³/mol. The molecular weight excluding hydrogens is 212 g/mol. The van der Waals surface area contributed by atoms with Crippen LogP contribution >= 0.6 is 0 Å². The van der Waals surface area contributed by atoms with E-state index in [1.54, 1.807) is 18.6 Å². The highest BCUT2D eigenvalue weighted by Crippen LogP contribution is 2.20. The Morgan fingerprint density at radius 3 is 2.71 bits per heavy atom. The Morgan fingerprint density at radius 2 is 2.00 bits per heavy atom. The van der Waals surface area contributed by atoms with Gasteiger partial charge in [-0.25, -0.2) is 4.98 Å². The Bertz CT molecular complexity index is 496. The van der Waals surface area contributed by atoms with Crippen LogP contribution in [0.3, 0.4) is 0 Å². The van der Waals surface area contributed by atoms with Crippen LogP contribution in [0.15, 0.2) is 36.8 Å². The van der Waals surface area contributed by atoms with E-state index >= 15 is 0 Å². The number of nitrogens with zero attached hydrogens (tertiary/aromatic N) is 2. The highest BCUT2D eigenvalue weighted by molar-refractivity contribution is 5.43. The van der Waals surface area contributed by atoms with E-state index in [2.05, 4.69) is 9.97 Å². The third kappa shape index (κ3) is 2.79. The molecule has 0 spiro atoms. The summed E-state index contributed by atoms with van der Waals surface area (Å²) in [4.78, 5) is 8.11. The lowest BCUT2D eigenvalue weighted by Gasteiger charge is -2.14. The van der Waals surface area contributed by atoms with Gasteiger partial charge in [-0.1, -0.05) is 0 Å². The van der Waals surface area contributed by atoms with Crippen LogP contribution in [-0.2, 0) is 6.42 Å². The number of aryl methyl sites for hydroxylation is 1. The van der Waals surface area contributed by atoms with Gasteiger partial charge in [-0.05, 0) is 42.7 Å². The lowest BCUT2D eigenvalue weighted by molar-refractivity contribution is 0.719. The van der Waals surface area contributed by atoms with Crippen molar-refractivity contribution in [1.82, 2.24) is 9.97 Å². The van der Waals surface area contributed by atoms with E-state index in [1.165, 1.54) is 0 Å². The van der Waals surface area contributed by atoms with Crippen molar-refractivity contribution in [3.8, 4) is 0 Å². The quantitative estimate of drug-likeness (QED) is 0.836. The molecule has 2 aromatic rings. The number of nitrogens with two attached hydrogens (primary N) is 2. The predicted octanol–water partition coefficient (Wildman–Crippen LogP) is 1.61. The van der Waals surface area contributed by atoms with Crippen LogP contribution < -0.4 is 11.5 Å². The lowest BCUT2D eigenvalue weighted by atomic mass is 10.00. The van der Waals surface area contributed by atoms with Crippen molar-refractivity contribution in [2.75, 3.05) is 5.73 Å². The van der Waals surface area contributed by atoms with Crippen LogP contribution in [0.1, 0.15) is 22.7 Å². The Kier molecular flexibility index (Phi) is 3.35. The maximum atomic E-state index is 6.16. The van der Waals surface area contributed by atoms with Crippen molar-refractivity contribution in [2.24, 2.45) is 5.73 Å². The minimum absolute atomic E-state index is 0.134. The molecule has 4 N–H and O–H groups in total. The highest BCUT2D eigenvalue weighted by atomic mass is 14.8. The fourth-order valence-electron chi connectivity index (χ4n) is 1.78. The summed E-state index contributed by atoms with van der Waals surface area (Å²) >= 11 is 0. The molecule has 4 nitrogen and oxygen atoms in total. The summed E-state index contributed by atoms with van der Waals surface area (Å²) in [5.41, 5.74) is 15.1. The van der Waals surface area contributed by atoms with E-state index in [4.69, 9.17) is 11.5 Å². The molecule has 0 saturated heterocycles. The molecular formula is C13H16N4. The fraction of sp³-hybridized carbons (Fsp3) is 0.231. The molecule has 0 aliphatic rings. The van der Waals surface area contributed by atoms with Crippen molar-refractivity contribution in [3.05, 3.63) is 53.5 Å². The Labute approximate surface area is 101 Å². The number of nitrogen functional groups attached to an aromatic ring is 1. The molecule has 0 radical (unpaired) electrons. The summed E-state index contributed by atoms with van der Waals surface area (Å²) in [6.45, 7) is 1.98. The minimum Gasteiger partial charge on any atom is -0.383 e. The molecule has 0 fully saturated rings. The normalized spacial score (nSPS) is 12.4. The zero-order valence-corrected chi connectivity index (χ0v) is 9.80. The third-order valence-electron chi connectivity index (χ3n) is 2.69. The van der Waals surface area contributed by atoms with Gasteiger partial charge in [0.15, 0.2) is 0 Å². The summed E-state index contributed by atoms with van der Waals surface area (Å²) in [7, 11) is 0. The van der Waals surface area contributed by atoms with Gasteiger partial charge in [-0.2, -0.15) is 0 Å². The summed E-state index contributed by atoms with van der Waals surface area (Å²) in [5.74, 6) is 0.511. The molecule has 1 unspecified atom stereocenters. The monoisotopic (exact) mass is 228 g/mol. The molecule has 2 aromatic heterocycles. The van der Waals surface area contributed by atoms with Crippen LogP contribution in [0.4, 0.5) is 5.82 Å². The maximum absolute atomic E-state index is 6.16. The van der Waals surface area contributed by atoms with Gasteiger partial charge in [-0.15, -0.1) is 0 Å². The van der Waals surface area contributed by atoms with Gasteiger partial charge in [0.2, 0.25) is 0 Å². The van der Waals surface area contributed by atoms with Gasteiger partial charge in [0, 0.05) is 30.2 Å². The van der Waals surface area contributed by atoms with Gasteiger partial charge in [0.1, 0.15) is 5.82 Å². The van der Waals surface area contributed by atoms with Gasteiger partial charge in [0.05, 0.1) is 0 Å². The van der Waals surface area contributed by atoms with Crippen LogP contribution in [0.2, 0.25) is 0 Å². The highest BCUT2D eigenvalue weighted by Gasteiger charge is 2.11. The number of pyridine rings is 2. The molecule has 0 aliphatic heterocycles. The maximum Gasteiger partial charge on any atom is 0.128 e. The summed E-state index contributed by atoms with van der Waals surface area (Å²) < 4.78 is 0. The van der Waals surface area contributed by atoms with E-state index in [1.807, 2.05) is 25.1 Å². The smallest absolute Gasteiger partial charge is 0.128 e. The van der Waals surface area contributed by atoms with Crippen LogP contribution in [0.25, 0.3) is 0 Å². The van der Waals surface area contributed by atoms with Gasteiger partial charge >= 0.3 is 0 Å². The zero-order chi connectivity index (χ0) is 12.3. The number of hydrogen-bond donors (Lipinski definition) is 2. The molecule has 88 valence electrons. The van der Waals surface area contributed by atoms with Crippen molar-refractivity contribution in [3.63, 3.8) is 0 Å². The van der Waals surface area contributed by atoms with E-state index in [0.29, 0.717) is 5.82 Å². The number of aromatic nitrogens is 2. The van der Waals surface area contributed by atoms with Gasteiger partial charge in [0.25, 0.3) is 0 Å². The minimum atomic E-state index is -0.134. The van der Waals surface area contributed by atoms with E-state index in [9.17, 15) is 0 Å². The third-order valence-corrected chi connectivity index (χ3v) is 2.69. The number of hydrogen-bond acceptors (Lipinski definition) is 4. The lowest BCUT2D eigenvalue weighted by Crippen LogP contribution is -2.16. The molecule has 0 aliphatic carbocycles. The first-order valence-corrected chi connectivity index (χ1v) is 5.53. The molecule has 4 heteroatoms. The zero-order valence-electron chi connectivity index (χ0n) is 9.80. The molecule has 0 saturated carbocycles. The molecule has 2 heterocycles. The molecule has 17 heavy (non-hydrogen) atoms. The standard InChI is InChI=1S/C13H16N4/c1-9-6-11(13(15)17-8-9)12(14)7-10-2-4-16-5-3-10/h2-6,8,12H,7,14H2,1H3,(H2,15,17). The second-order valence-corrected chi connectivity index (χ2v) is 4.15. The largest absolute Gasteiger partial charge is 0.383 e. The first kappa shape index (κ1) is 11.5. The summed E-state index contributed by atoms with van der Waals surface area (Å²) in [5, 5.41) is 0. The van der Waals surface area contributed by atoms with E-state index in [-0.39, 0.29) is 6.04 Å². The van der Waals surface area contributed by atoms with E-state index < -0.39 is 0 Å². The number of rotatable bonds is 3. The van der Waals surface area contributed by atoms with Crippen LogP contribution in [0, 0.1) is 6.92 Å². The second kappa shape index (κ2) is 4.93. The Morgan fingerprint density at radius 1 is 1.29 bits per heavy atom. The first-order chi connectivity index (χ1) is 8.16. The first-order valence-electron chi connectivity index (χ1n) is 5.53. The molecule has 0 bridgehead atoms. The van der Waals surface area contributed by atoms with Crippen LogP contribution in [-0.4, -0.2) is 9.97 Å². The topological polar surface area (TPSA) is 77.8 Å². The van der Waals surface area contributed by atoms with E-state index in [0.717, 1.165) is 23.1 Å². The fourth-order valence-corrected chi connectivity index (χ4v) is 1.78. The average molecular weight is 228 g/mol. The van der Waals surface area contributed by atoms with Crippen LogP contribution in [0.5, 0.6) is 0 Å². The SMILES string of the molecule is Cc1cnc(N)c(C(N)Cc2ccncc2)c1. The molecule has 0 amide bonds. The van der Waals surface area contributed by atoms with Crippen molar-refractivity contribution >= 4 is 5.82 Å². The summed E-state index contributed by atoms with van der Waals surface area (Å²) in [6.07, 6.45) is 6.01. The van der Waals surface area contributed by atoms with Gasteiger partial charge in [-0.3, -0.25) is 4.98 Å². The average Bonchev–Trinajstić information content (AvgIpc) is 2.33. The second-order valence-electron chi connectivity index (χ2n) is 4.15. The summed E-state index contributed by atoms with van der Waals surface area (Å²) in [6, 6.07) is 5.78. The molecule has 2 rings (SSSR count). The van der Waals surface area contributed by atoms with Crippen molar-refractivity contribution in [2.45, 2.75) is 19.4 Å². The number of anilines is 1. The van der Waals surface area contributed by atoms with Crippen molar-refractivity contribution < 1.29 is 0 Å². The van der Waals surface area contributed by atoms with Gasteiger partial charge < -0.3 is 11.5 Å². The Balaban J connectivity index is 2.20.